The number of nitrogens with zero attached hydrogens (tertiary/aromatic N) is 1. The van der Waals surface area contributed by atoms with Crippen molar-refractivity contribution in [1.29, 1.82) is 0 Å². The minimum atomic E-state index is -0.745. The maximum Gasteiger partial charge on any atom is 0.323 e. The first-order chi connectivity index (χ1) is 6.61. The SMILES string of the molecule is O=[N+]([O-])c1c(F)c(I)cc2ccsc12. The van der Waals surface area contributed by atoms with Gasteiger partial charge in [0.15, 0.2) is 0 Å². The number of thiophene rings is 1. The summed E-state index contributed by atoms with van der Waals surface area (Å²) in [5.41, 5.74) is -0.415. The smallest absolute Gasteiger partial charge is 0.258 e. The molecule has 0 N–H and O–H groups in total. The molecule has 2 rings (SSSR count). The van der Waals surface area contributed by atoms with E-state index in [4.69, 9.17) is 0 Å². The highest BCUT2D eigenvalue weighted by Crippen LogP contribution is 2.35. The molecule has 1 aromatic carbocycles. The molecule has 0 saturated carbocycles. The van der Waals surface area contributed by atoms with Crippen LogP contribution in [0.5, 0.6) is 0 Å². The maximum absolute atomic E-state index is 13.4. The normalized spacial score (nSPS) is 10.7. The van der Waals surface area contributed by atoms with E-state index in [1.54, 1.807) is 40.1 Å². The van der Waals surface area contributed by atoms with Gasteiger partial charge in [-0.1, -0.05) is 0 Å². The third-order valence-electron chi connectivity index (χ3n) is 1.79. The molecule has 0 spiro atoms. The Morgan fingerprint density at radius 1 is 1.57 bits per heavy atom. The number of rotatable bonds is 1. The summed E-state index contributed by atoms with van der Waals surface area (Å²) in [5.74, 6) is -0.745. The van der Waals surface area contributed by atoms with Crippen LogP contribution in [0.1, 0.15) is 0 Å². The number of benzene rings is 1. The van der Waals surface area contributed by atoms with Crippen LogP contribution in [0.25, 0.3) is 10.1 Å². The van der Waals surface area contributed by atoms with E-state index in [1.807, 2.05) is 0 Å². The van der Waals surface area contributed by atoms with E-state index in [1.165, 1.54) is 11.3 Å². The van der Waals surface area contributed by atoms with Gasteiger partial charge in [0.05, 0.1) is 8.49 Å². The van der Waals surface area contributed by atoms with Crippen molar-refractivity contribution in [1.82, 2.24) is 0 Å². The fourth-order valence-corrected chi connectivity index (χ4v) is 2.68. The molecule has 1 aromatic heterocycles. The maximum atomic E-state index is 13.4. The van der Waals surface area contributed by atoms with Crippen molar-refractivity contribution < 1.29 is 9.31 Å². The summed E-state index contributed by atoms with van der Waals surface area (Å²) < 4.78 is 14.1. The molecule has 72 valence electrons. The Bertz CT molecular complexity index is 525. The van der Waals surface area contributed by atoms with Gasteiger partial charge < -0.3 is 0 Å². The molecule has 3 nitrogen and oxygen atoms in total. The number of fused-ring (bicyclic) bond motifs is 1. The molecule has 1 heterocycles. The first-order valence-electron chi connectivity index (χ1n) is 3.61. The van der Waals surface area contributed by atoms with E-state index in [2.05, 4.69) is 0 Å². The quantitative estimate of drug-likeness (QED) is 0.458. The van der Waals surface area contributed by atoms with Gasteiger partial charge in [-0.25, -0.2) is 0 Å². The molecule has 0 aliphatic heterocycles. The zero-order valence-electron chi connectivity index (χ0n) is 6.66. The van der Waals surface area contributed by atoms with Crippen LogP contribution >= 0.6 is 33.9 Å². The molecular formula is C8H3FINO2S. The molecule has 0 fully saturated rings. The van der Waals surface area contributed by atoms with Gasteiger partial charge in [0.25, 0.3) is 0 Å². The van der Waals surface area contributed by atoms with Crippen LogP contribution in [0.4, 0.5) is 10.1 Å². The number of hydrogen-bond donors (Lipinski definition) is 0. The Balaban J connectivity index is 2.93. The Morgan fingerprint density at radius 2 is 2.29 bits per heavy atom. The zero-order valence-corrected chi connectivity index (χ0v) is 9.63. The highest BCUT2D eigenvalue weighted by atomic mass is 127. The minimum absolute atomic E-state index is 0.278. The lowest BCUT2D eigenvalue weighted by molar-refractivity contribution is -0.385. The van der Waals surface area contributed by atoms with Crippen LogP contribution in [-0.2, 0) is 0 Å². The Morgan fingerprint density at radius 3 is 2.93 bits per heavy atom. The number of nitro groups is 1. The van der Waals surface area contributed by atoms with E-state index < -0.39 is 16.4 Å². The van der Waals surface area contributed by atoms with Gasteiger partial charge in [0.1, 0.15) is 4.70 Å². The first-order valence-corrected chi connectivity index (χ1v) is 5.56. The molecule has 0 unspecified atom stereocenters. The van der Waals surface area contributed by atoms with Crippen LogP contribution in [0.15, 0.2) is 17.5 Å². The lowest BCUT2D eigenvalue weighted by Crippen LogP contribution is -1.94. The topological polar surface area (TPSA) is 43.1 Å². The molecule has 0 bridgehead atoms. The van der Waals surface area contributed by atoms with Gasteiger partial charge in [0, 0.05) is 5.39 Å². The van der Waals surface area contributed by atoms with Gasteiger partial charge in [-0.2, -0.15) is 4.39 Å². The third kappa shape index (κ3) is 1.38. The van der Waals surface area contributed by atoms with Crippen LogP contribution < -0.4 is 0 Å². The number of nitro benzene ring substituents is 1. The van der Waals surface area contributed by atoms with Crippen LogP contribution in [0.2, 0.25) is 0 Å². The highest BCUT2D eigenvalue weighted by molar-refractivity contribution is 14.1. The van der Waals surface area contributed by atoms with Gasteiger partial charge in [-0.15, -0.1) is 11.3 Å². The van der Waals surface area contributed by atoms with Crippen molar-refractivity contribution in [2.75, 3.05) is 0 Å². The summed E-state index contributed by atoms with van der Waals surface area (Å²) >= 11 is 2.93. The van der Waals surface area contributed by atoms with Crippen molar-refractivity contribution in [3.8, 4) is 0 Å². The second kappa shape index (κ2) is 3.43. The van der Waals surface area contributed by atoms with Crippen molar-refractivity contribution in [3.05, 3.63) is 37.0 Å². The largest absolute Gasteiger partial charge is 0.323 e. The monoisotopic (exact) mass is 323 g/mol. The summed E-state index contributed by atoms with van der Waals surface area (Å²) in [5, 5.41) is 13.1. The minimum Gasteiger partial charge on any atom is -0.258 e. The lowest BCUT2D eigenvalue weighted by Gasteiger charge is -1.98. The molecular weight excluding hydrogens is 320 g/mol. The van der Waals surface area contributed by atoms with E-state index in [0.29, 0.717) is 10.1 Å². The van der Waals surface area contributed by atoms with Crippen LogP contribution in [0.3, 0.4) is 0 Å². The number of hydrogen-bond acceptors (Lipinski definition) is 3. The fourth-order valence-electron chi connectivity index (χ4n) is 1.20. The highest BCUT2D eigenvalue weighted by Gasteiger charge is 2.22. The number of halogens is 2. The Kier molecular flexibility index (Phi) is 2.40. The molecule has 0 amide bonds. The lowest BCUT2D eigenvalue weighted by atomic mass is 10.2. The predicted molar refractivity (Wildman–Crippen MR) is 61.2 cm³/mol. The molecule has 0 aliphatic rings. The predicted octanol–water partition coefficient (Wildman–Crippen LogP) is 3.55. The zero-order chi connectivity index (χ0) is 10.3. The molecule has 2 aromatic rings. The van der Waals surface area contributed by atoms with Gasteiger partial charge in [-0.3, -0.25) is 10.1 Å². The summed E-state index contributed by atoms with van der Waals surface area (Å²) in [7, 11) is 0. The van der Waals surface area contributed by atoms with Crippen molar-refractivity contribution in [2.24, 2.45) is 0 Å². The Hall–Kier alpha value is -0.760. The second-order valence-electron chi connectivity index (χ2n) is 2.62. The molecule has 0 atom stereocenters. The average Bonchev–Trinajstić information content (AvgIpc) is 2.52. The molecule has 0 aliphatic carbocycles. The van der Waals surface area contributed by atoms with Crippen LogP contribution in [0, 0.1) is 19.5 Å². The first kappa shape index (κ1) is 9.78. The van der Waals surface area contributed by atoms with Gasteiger partial charge >= 0.3 is 5.69 Å². The molecule has 6 heteroatoms. The summed E-state index contributed by atoms with van der Waals surface area (Å²) in [6, 6.07) is 3.35. The van der Waals surface area contributed by atoms with E-state index in [-0.39, 0.29) is 3.57 Å². The van der Waals surface area contributed by atoms with Crippen LogP contribution in [-0.4, -0.2) is 4.92 Å². The molecule has 14 heavy (non-hydrogen) atoms. The van der Waals surface area contributed by atoms with Gasteiger partial charge in [-0.05, 0) is 40.1 Å². The van der Waals surface area contributed by atoms with E-state index in [9.17, 15) is 14.5 Å². The summed E-state index contributed by atoms with van der Waals surface area (Å²) in [6.45, 7) is 0. The van der Waals surface area contributed by atoms with Gasteiger partial charge in [0.2, 0.25) is 5.82 Å². The average molecular weight is 323 g/mol. The van der Waals surface area contributed by atoms with Crippen molar-refractivity contribution in [3.63, 3.8) is 0 Å². The Labute approximate surface area is 95.8 Å². The van der Waals surface area contributed by atoms with Crippen molar-refractivity contribution in [2.45, 2.75) is 0 Å². The van der Waals surface area contributed by atoms with E-state index in [0.717, 1.165) is 0 Å². The van der Waals surface area contributed by atoms with E-state index >= 15 is 0 Å². The van der Waals surface area contributed by atoms with Crippen molar-refractivity contribution >= 4 is 49.7 Å². The molecule has 0 saturated heterocycles. The third-order valence-corrected chi connectivity index (χ3v) is 3.52. The molecule has 0 radical (unpaired) electrons. The fraction of sp³-hybridized carbons (Fsp3) is 0. The standard InChI is InChI=1S/C8H3FINO2S/c9-6-5(10)3-4-1-2-14-8(4)7(6)11(12)13/h1-3H. The second-order valence-corrected chi connectivity index (χ2v) is 4.70. The summed E-state index contributed by atoms with van der Waals surface area (Å²) in [4.78, 5) is 9.98. The summed E-state index contributed by atoms with van der Waals surface area (Å²) in [6.07, 6.45) is 0.